The van der Waals surface area contributed by atoms with Crippen molar-refractivity contribution >= 4 is 5.91 Å². The fraction of sp³-hybridized carbons (Fsp3) is 0.333. The van der Waals surface area contributed by atoms with E-state index in [0.717, 1.165) is 22.3 Å². The predicted octanol–water partition coefficient (Wildman–Crippen LogP) is 4.81. The zero-order valence-electron chi connectivity index (χ0n) is 21.1. The van der Waals surface area contributed by atoms with Crippen molar-refractivity contribution in [3.05, 3.63) is 94.3 Å². The summed E-state index contributed by atoms with van der Waals surface area (Å²) in [4.78, 5) is 18.2. The molecule has 0 spiro atoms. The SMILES string of the molecule is COc1cc2c(cc1OC)[C@H](CC#N)N(C(=O)C1Cc3ccccc3CN1Cc1ccccc1F)CC2. The molecule has 0 saturated carbocycles. The van der Waals surface area contributed by atoms with Gasteiger partial charge in [-0.15, -0.1) is 0 Å². The Morgan fingerprint density at radius 2 is 1.73 bits per heavy atom. The fourth-order valence-corrected chi connectivity index (χ4v) is 5.62. The summed E-state index contributed by atoms with van der Waals surface area (Å²) >= 11 is 0. The first-order valence-corrected chi connectivity index (χ1v) is 12.5. The summed E-state index contributed by atoms with van der Waals surface area (Å²) < 4.78 is 25.6. The summed E-state index contributed by atoms with van der Waals surface area (Å²) in [7, 11) is 3.18. The summed E-state index contributed by atoms with van der Waals surface area (Å²) in [5.41, 5.74) is 4.81. The number of hydrogen-bond acceptors (Lipinski definition) is 5. The number of carbonyl (C=O) groups is 1. The van der Waals surface area contributed by atoms with Crippen molar-refractivity contribution < 1.29 is 18.7 Å². The second-order valence-corrected chi connectivity index (χ2v) is 9.55. The van der Waals surface area contributed by atoms with Crippen LogP contribution < -0.4 is 9.47 Å². The molecular weight excluding hydrogens is 469 g/mol. The minimum atomic E-state index is -0.461. The van der Waals surface area contributed by atoms with E-state index in [2.05, 4.69) is 23.1 Å². The van der Waals surface area contributed by atoms with Crippen molar-refractivity contribution in [3.63, 3.8) is 0 Å². The molecule has 2 heterocycles. The number of nitriles is 1. The molecule has 0 aliphatic carbocycles. The van der Waals surface area contributed by atoms with Crippen molar-refractivity contribution in [2.24, 2.45) is 0 Å². The Kier molecular flexibility index (Phi) is 7.11. The standard InChI is InChI=1S/C30H30FN3O3/c1-36-28-16-21-12-14-34(26(11-13-32)24(21)17-29(28)37-2)30(35)27-15-20-7-3-4-8-22(20)18-33(27)19-23-9-5-6-10-25(23)31/h3-10,16-17,26-27H,11-12,14-15,18-19H2,1-2H3/t26-,27?/m0/s1. The molecule has 0 N–H and O–H groups in total. The molecule has 2 aliphatic rings. The van der Waals surface area contributed by atoms with Gasteiger partial charge >= 0.3 is 0 Å². The quantitative estimate of drug-likeness (QED) is 0.487. The van der Waals surface area contributed by atoms with Gasteiger partial charge in [0.1, 0.15) is 5.82 Å². The van der Waals surface area contributed by atoms with Crippen LogP contribution in [0.2, 0.25) is 0 Å². The van der Waals surface area contributed by atoms with E-state index in [-0.39, 0.29) is 18.1 Å². The summed E-state index contributed by atoms with van der Waals surface area (Å²) in [5, 5.41) is 9.69. The van der Waals surface area contributed by atoms with Gasteiger partial charge in [-0.1, -0.05) is 42.5 Å². The van der Waals surface area contributed by atoms with Crippen LogP contribution in [0.4, 0.5) is 4.39 Å². The van der Waals surface area contributed by atoms with Crippen LogP contribution in [0.3, 0.4) is 0 Å². The van der Waals surface area contributed by atoms with Gasteiger partial charge in [-0.05, 0) is 53.3 Å². The van der Waals surface area contributed by atoms with Crippen LogP contribution in [-0.4, -0.2) is 42.5 Å². The van der Waals surface area contributed by atoms with E-state index in [0.29, 0.717) is 49.5 Å². The molecule has 2 atom stereocenters. The van der Waals surface area contributed by atoms with Gasteiger partial charge in [-0.3, -0.25) is 9.69 Å². The monoisotopic (exact) mass is 499 g/mol. The largest absolute Gasteiger partial charge is 0.493 e. The maximum absolute atomic E-state index is 14.6. The maximum Gasteiger partial charge on any atom is 0.240 e. The first kappa shape index (κ1) is 24.8. The van der Waals surface area contributed by atoms with E-state index in [1.807, 2.05) is 35.2 Å². The lowest BCUT2D eigenvalue weighted by Crippen LogP contribution is -2.53. The molecule has 5 rings (SSSR count). The summed E-state index contributed by atoms with van der Waals surface area (Å²) in [5.74, 6) is 0.900. The molecular formula is C30H30FN3O3. The number of ether oxygens (including phenoxy) is 2. The number of fused-ring (bicyclic) bond motifs is 2. The van der Waals surface area contributed by atoms with Gasteiger partial charge in [-0.2, -0.15) is 5.26 Å². The molecule has 37 heavy (non-hydrogen) atoms. The third-order valence-corrected chi connectivity index (χ3v) is 7.53. The van der Waals surface area contributed by atoms with E-state index in [1.54, 1.807) is 26.4 Å². The number of amides is 1. The molecule has 0 aromatic heterocycles. The molecule has 7 heteroatoms. The number of rotatable bonds is 6. The topological polar surface area (TPSA) is 65.8 Å². The highest BCUT2D eigenvalue weighted by Gasteiger charge is 2.39. The van der Waals surface area contributed by atoms with Gasteiger partial charge in [-0.25, -0.2) is 4.39 Å². The Morgan fingerprint density at radius 3 is 2.46 bits per heavy atom. The smallest absolute Gasteiger partial charge is 0.240 e. The van der Waals surface area contributed by atoms with Crippen molar-refractivity contribution in [2.45, 2.75) is 44.4 Å². The van der Waals surface area contributed by atoms with E-state index in [4.69, 9.17) is 9.47 Å². The maximum atomic E-state index is 14.6. The molecule has 3 aromatic carbocycles. The number of hydrogen-bond donors (Lipinski definition) is 0. The molecule has 190 valence electrons. The molecule has 0 fully saturated rings. The minimum Gasteiger partial charge on any atom is -0.493 e. The molecule has 0 bridgehead atoms. The zero-order chi connectivity index (χ0) is 25.9. The highest BCUT2D eigenvalue weighted by Crippen LogP contribution is 2.40. The normalized spacial score (nSPS) is 18.9. The molecule has 3 aromatic rings. The van der Waals surface area contributed by atoms with Crippen LogP contribution in [0.15, 0.2) is 60.7 Å². The third-order valence-electron chi connectivity index (χ3n) is 7.53. The first-order chi connectivity index (χ1) is 18.0. The lowest BCUT2D eigenvalue weighted by Gasteiger charge is -2.43. The van der Waals surface area contributed by atoms with Crippen LogP contribution >= 0.6 is 0 Å². The van der Waals surface area contributed by atoms with Crippen LogP contribution in [0.25, 0.3) is 0 Å². The molecule has 2 aliphatic heterocycles. The highest BCUT2D eigenvalue weighted by atomic mass is 19.1. The van der Waals surface area contributed by atoms with Crippen LogP contribution in [0.5, 0.6) is 11.5 Å². The molecule has 0 radical (unpaired) electrons. The Hall–Kier alpha value is -3.89. The Balaban J connectivity index is 1.50. The first-order valence-electron chi connectivity index (χ1n) is 12.5. The number of nitrogens with zero attached hydrogens (tertiary/aromatic N) is 3. The van der Waals surface area contributed by atoms with Crippen molar-refractivity contribution in [1.29, 1.82) is 5.26 Å². The minimum absolute atomic E-state index is 0.0356. The lowest BCUT2D eigenvalue weighted by molar-refractivity contribution is -0.141. The average Bonchev–Trinajstić information content (AvgIpc) is 2.93. The van der Waals surface area contributed by atoms with Crippen LogP contribution in [0, 0.1) is 17.1 Å². The van der Waals surface area contributed by atoms with Crippen LogP contribution in [0.1, 0.15) is 40.3 Å². The Bertz CT molecular complexity index is 1350. The van der Waals surface area contributed by atoms with E-state index in [9.17, 15) is 14.4 Å². The molecule has 6 nitrogen and oxygen atoms in total. The second kappa shape index (κ2) is 10.6. The summed E-state index contributed by atoms with van der Waals surface area (Å²) in [6, 6.07) is 20.1. The van der Waals surface area contributed by atoms with Crippen molar-refractivity contribution in [2.75, 3.05) is 20.8 Å². The Morgan fingerprint density at radius 1 is 1.03 bits per heavy atom. The number of carbonyl (C=O) groups excluding carboxylic acids is 1. The van der Waals surface area contributed by atoms with E-state index < -0.39 is 12.1 Å². The Labute approximate surface area is 216 Å². The number of methoxy groups -OCH3 is 2. The molecule has 0 saturated heterocycles. The van der Waals surface area contributed by atoms with Gasteiger partial charge in [0.2, 0.25) is 5.91 Å². The second-order valence-electron chi connectivity index (χ2n) is 9.55. The van der Waals surface area contributed by atoms with Crippen LogP contribution in [-0.2, 0) is 30.7 Å². The summed E-state index contributed by atoms with van der Waals surface area (Å²) in [6.07, 6.45) is 1.36. The van der Waals surface area contributed by atoms with Gasteiger partial charge < -0.3 is 14.4 Å². The predicted molar refractivity (Wildman–Crippen MR) is 138 cm³/mol. The number of benzene rings is 3. The molecule has 1 unspecified atom stereocenters. The van der Waals surface area contributed by atoms with Gasteiger partial charge in [0.15, 0.2) is 11.5 Å². The fourth-order valence-electron chi connectivity index (χ4n) is 5.62. The lowest BCUT2D eigenvalue weighted by atomic mass is 9.88. The highest BCUT2D eigenvalue weighted by molar-refractivity contribution is 5.83. The van der Waals surface area contributed by atoms with Crippen molar-refractivity contribution in [1.82, 2.24) is 9.80 Å². The molecule has 1 amide bonds. The van der Waals surface area contributed by atoms with E-state index >= 15 is 0 Å². The van der Waals surface area contributed by atoms with Crippen molar-refractivity contribution in [3.8, 4) is 17.6 Å². The number of halogens is 1. The van der Waals surface area contributed by atoms with Gasteiger partial charge in [0, 0.05) is 25.2 Å². The van der Waals surface area contributed by atoms with E-state index in [1.165, 1.54) is 6.07 Å². The third kappa shape index (κ3) is 4.77. The van der Waals surface area contributed by atoms with Gasteiger partial charge in [0.25, 0.3) is 0 Å². The average molecular weight is 500 g/mol. The van der Waals surface area contributed by atoms with Gasteiger partial charge in [0.05, 0.1) is 38.8 Å². The summed E-state index contributed by atoms with van der Waals surface area (Å²) in [6.45, 7) is 1.38. The zero-order valence-corrected chi connectivity index (χ0v) is 21.1.